The summed E-state index contributed by atoms with van der Waals surface area (Å²) in [5.41, 5.74) is 0.515. The van der Waals surface area contributed by atoms with Crippen LogP contribution in [0.4, 0.5) is 5.69 Å². The maximum atomic E-state index is 12.6. The molecule has 7 heteroatoms. The van der Waals surface area contributed by atoms with Crippen molar-refractivity contribution < 1.29 is 13.2 Å². The number of amides is 1. The van der Waals surface area contributed by atoms with Gasteiger partial charge in [0.15, 0.2) is 0 Å². The van der Waals surface area contributed by atoms with E-state index in [1.54, 1.807) is 18.2 Å². The third-order valence-corrected chi connectivity index (χ3v) is 6.37. The molecule has 1 amide bonds. The number of hydrogen-bond donors (Lipinski definition) is 1. The van der Waals surface area contributed by atoms with Gasteiger partial charge in [0, 0.05) is 21.7 Å². The molecule has 0 atom stereocenters. The fourth-order valence-electron chi connectivity index (χ4n) is 2.20. The van der Waals surface area contributed by atoms with Crippen LogP contribution in [0, 0.1) is 0 Å². The Morgan fingerprint density at radius 1 is 0.962 bits per heavy atom. The molecule has 0 fully saturated rings. The number of carbonyl (C=O) groups excluding carboxylic acids is 1. The largest absolute Gasteiger partial charge is 0.323 e. The molecule has 1 heterocycles. The van der Waals surface area contributed by atoms with Crippen LogP contribution in [0.3, 0.4) is 0 Å². The number of thiophene rings is 1. The third kappa shape index (κ3) is 4.40. The summed E-state index contributed by atoms with van der Waals surface area (Å²) < 4.78 is 25.1. The number of anilines is 1. The summed E-state index contributed by atoms with van der Waals surface area (Å²) in [7, 11) is -3.62. The summed E-state index contributed by atoms with van der Waals surface area (Å²) in [5.74, 6) is -0.285. The van der Waals surface area contributed by atoms with Gasteiger partial charge < -0.3 is 5.32 Å². The SMILES string of the molecule is O=C(C=Cc1cccs1)Nc1ccc(S(=O)(=O)c2ccc(Cl)cc2)cc1. The van der Waals surface area contributed by atoms with Gasteiger partial charge in [-0.25, -0.2) is 8.42 Å². The molecule has 0 radical (unpaired) electrons. The minimum absolute atomic E-state index is 0.145. The van der Waals surface area contributed by atoms with E-state index in [9.17, 15) is 13.2 Å². The van der Waals surface area contributed by atoms with E-state index in [1.807, 2.05) is 17.5 Å². The van der Waals surface area contributed by atoms with E-state index in [-0.39, 0.29) is 15.7 Å². The van der Waals surface area contributed by atoms with Gasteiger partial charge in [0.1, 0.15) is 0 Å². The average molecular weight is 404 g/mol. The van der Waals surface area contributed by atoms with Gasteiger partial charge in [0.05, 0.1) is 9.79 Å². The van der Waals surface area contributed by atoms with Gasteiger partial charge in [-0.05, 0) is 66.1 Å². The van der Waals surface area contributed by atoms with E-state index in [2.05, 4.69) is 5.32 Å². The van der Waals surface area contributed by atoms with Gasteiger partial charge in [-0.1, -0.05) is 17.7 Å². The fraction of sp³-hybridized carbons (Fsp3) is 0. The van der Waals surface area contributed by atoms with Crippen LogP contribution in [0.15, 0.2) is 81.9 Å². The molecule has 26 heavy (non-hydrogen) atoms. The Bertz CT molecular complexity index is 1020. The first kappa shape index (κ1) is 18.4. The summed E-state index contributed by atoms with van der Waals surface area (Å²) >= 11 is 7.33. The Morgan fingerprint density at radius 2 is 1.58 bits per heavy atom. The Kier molecular flexibility index (Phi) is 5.56. The van der Waals surface area contributed by atoms with Crippen molar-refractivity contribution in [1.29, 1.82) is 0 Å². The molecular formula is C19H14ClNO3S2. The van der Waals surface area contributed by atoms with Gasteiger partial charge in [0.25, 0.3) is 0 Å². The molecule has 0 spiro atoms. The Balaban J connectivity index is 1.72. The van der Waals surface area contributed by atoms with Crippen LogP contribution in [0.2, 0.25) is 5.02 Å². The van der Waals surface area contributed by atoms with Crippen molar-refractivity contribution >= 4 is 50.4 Å². The summed E-state index contributed by atoms with van der Waals surface area (Å²) in [5, 5.41) is 5.09. The van der Waals surface area contributed by atoms with E-state index in [0.29, 0.717) is 10.7 Å². The maximum Gasteiger partial charge on any atom is 0.248 e. The molecule has 132 valence electrons. The lowest BCUT2D eigenvalue weighted by atomic mass is 10.3. The van der Waals surface area contributed by atoms with Crippen LogP contribution >= 0.6 is 22.9 Å². The Morgan fingerprint density at radius 3 is 2.15 bits per heavy atom. The summed E-state index contributed by atoms with van der Waals surface area (Å²) in [6, 6.07) is 15.8. The Labute approximate surface area is 160 Å². The van der Waals surface area contributed by atoms with E-state index < -0.39 is 9.84 Å². The van der Waals surface area contributed by atoms with Crippen molar-refractivity contribution in [3.63, 3.8) is 0 Å². The highest BCUT2D eigenvalue weighted by molar-refractivity contribution is 7.91. The molecule has 0 aliphatic heterocycles. The van der Waals surface area contributed by atoms with Crippen LogP contribution < -0.4 is 5.32 Å². The monoisotopic (exact) mass is 403 g/mol. The molecular weight excluding hydrogens is 390 g/mol. The lowest BCUT2D eigenvalue weighted by Crippen LogP contribution is -2.08. The normalized spacial score (nSPS) is 11.6. The van der Waals surface area contributed by atoms with Crippen LogP contribution in [0.25, 0.3) is 6.08 Å². The summed E-state index contributed by atoms with van der Waals surface area (Å²) in [6.07, 6.45) is 3.16. The zero-order valence-electron chi connectivity index (χ0n) is 13.4. The molecule has 0 aliphatic carbocycles. The molecule has 0 bridgehead atoms. The average Bonchev–Trinajstić information content (AvgIpc) is 3.14. The number of carbonyl (C=O) groups is 1. The van der Waals surface area contributed by atoms with Crippen LogP contribution in [0.5, 0.6) is 0 Å². The number of halogens is 1. The topological polar surface area (TPSA) is 63.2 Å². The van der Waals surface area contributed by atoms with Crippen molar-refractivity contribution in [3.8, 4) is 0 Å². The maximum absolute atomic E-state index is 12.6. The molecule has 1 aromatic heterocycles. The van der Waals surface area contributed by atoms with Gasteiger partial charge in [0.2, 0.25) is 15.7 Å². The quantitative estimate of drug-likeness (QED) is 0.617. The zero-order valence-corrected chi connectivity index (χ0v) is 15.8. The molecule has 0 saturated heterocycles. The summed E-state index contributed by atoms with van der Waals surface area (Å²) in [4.78, 5) is 13.2. The smallest absolute Gasteiger partial charge is 0.248 e. The molecule has 3 rings (SSSR count). The highest BCUT2D eigenvalue weighted by Crippen LogP contribution is 2.23. The van der Waals surface area contributed by atoms with E-state index >= 15 is 0 Å². The van der Waals surface area contributed by atoms with Gasteiger partial charge in [-0.2, -0.15) is 0 Å². The van der Waals surface area contributed by atoms with Crippen molar-refractivity contribution in [2.45, 2.75) is 9.79 Å². The molecule has 2 aromatic carbocycles. The minimum atomic E-state index is -3.62. The molecule has 0 aliphatic rings. The number of hydrogen-bond acceptors (Lipinski definition) is 4. The van der Waals surface area contributed by atoms with Crippen molar-refractivity contribution in [2.24, 2.45) is 0 Å². The molecule has 0 saturated carbocycles. The number of rotatable bonds is 5. The fourth-order valence-corrected chi connectivity index (χ4v) is 4.20. The van der Waals surface area contributed by atoms with Crippen LogP contribution in [-0.4, -0.2) is 14.3 Å². The number of nitrogens with one attached hydrogen (secondary N) is 1. The molecule has 0 unspecified atom stereocenters. The first-order chi connectivity index (χ1) is 12.4. The van der Waals surface area contributed by atoms with Crippen molar-refractivity contribution in [1.82, 2.24) is 0 Å². The predicted molar refractivity (Wildman–Crippen MR) is 105 cm³/mol. The molecule has 3 aromatic rings. The summed E-state index contributed by atoms with van der Waals surface area (Å²) in [6.45, 7) is 0. The highest BCUT2D eigenvalue weighted by Gasteiger charge is 2.17. The minimum Gasteiger partial charge on any atom is -0.323 e. The van der Waals surface area contributed by atoms with Gasteiger partial charge in [-0.3, -0.25) is 4.79 Å². The zero-order chi connectivity index (χ0) is 18.6. The van der Waals surface area contributed by atoms with E-state index in [1.165, 1.54) is 53.8 Å². The van der Waals surface area contributed by atoms with Crippen molar-refractivity contribution in [2.75, 3.05) is 5.32 Å². The Hall–Kier alpha value is -2.41. The lowest BCUT2D eigenvalue weighted by molar-refractivity contribution is -0.111. The number of sulfone groups is 1. The van der Waals surface area contributed by atoms with E-state index in [4.69, 9.17) is 11.6 Å². The second-order valence-corrected chi connectivity index (χ2v) is 8.69. The lowest BCUT2D eigenvalue weighted by Gasteiger charge is -2.07. The third-order valence-electron chi connectivity index (χ3n) is 3.50. The molecule has 4 nitrogen and oxygen atoms in total. The van der Waals surface area contributed by atoms with Crippen LogP contribution in [0.1, 0.15) is 4.88 Å². The second-order valence-electron chi connectivity index (χ2n) is 5.32. The molecule has 1 N–H and O–H groups in total. The number of benzene rings is 2. The van der Waals surface area contributed by atoms with Gasteiger partial charge in [-0.15, -0.1) is 11.3 Å². The second kappa shape index (κ2) is 7.86. The van der Waals surface area contributed by atoms with Crippen molar-refractivity contribution in [3.05, 3.63) is 82.0 Å². The first-order valence-corrected chi connectivity index (χ1v) is 10.3. The van der Waals surface area contributed by atoms with Gasteiger partial charge >= 0.3 is 0 Å². The highest BCUT2D eigenvalue weighted by atomic mass is 35.5. The van der Waals surface area contributed by atoms with Crippen LogP contribution in [-0.2, 0) is 14.6 Å². The predicted octanol–water partition coefficient (Wildman–Crippen LogP) is 4.89. The van der Waals surface area contributed by atoms with E-state index in [0.717, 1.165) is 4.88 Å². The first-order valence-electron chi connectivity index (χ1n) is 7.58. The standard InChI is InChI=1S/C19H14ClNO3S2/c20-14-3-8-17(9-4-14)26(23,24)18-10-5-15(6-11-18)21-19(22)12-7-16-2-1-13-25-16/h1-13H,(H,21,22).